The quantitative estimate of drug-likeness (QED) is 0.247. The third-order valence-corrected chi connectivity index (χ3v) is 9.74. The van der Waals surface area contributed by atoms with Crippen LogP contribution in [0.1, 0.15) is 28.3 Å². The lowest BCUT2D eigenvalue weighted by atomic mass is 9.94. The van der Waals surface area contributed by atoms with Crippen molar-refractivity contribution in [1.82, 2.24) is 14.4 Å². The zero-order valence-electron chi connectivity index (χ0n) is 24.0. The van der Waals surface area contributed by atoms with E-state index >= 15 is 4.39 Å². The summed E-state index contributed by atoms with van der Waals surface area (Å²) in [5.74, 6) is -0.0160. The van der Waals surface area contributed by atoms with Gasteiger partial charge in [-0.25, -0.2) is 8.78 Å². The van der Waals surface area contributed by atoms with E-state index in [1.165, 1.54) is 18.7 Å². The number of hydrogen-bond acceptors (Lipinski definition) is 5. The van der Waals surface area contributed by atoms with Crippen LogP contribution < -0.4 is 10.3 Å². The monoisotopic (exact) mass is 587 g/mol. The summed E-state index contributed by atoms with van der Waals surface area (Å²) in [6, 6.07) is 22.1. The Morgan fingerprint density at radius 3 is 2.36 bits per heavy atom. The number of rotatable bonds is 8. The highest BCUT2D eigenvalue weighted by Gasteiger charge is 2.33. The normalized spacial score (nSPS) is 17.4. The van der Waals surface area contributed by atoms with Gasteiger partial charge in [0.2, 0.25) is 0 Å². The van der Waals surface area contributed by atoms with Crippen LogP contribution in [0.3, 0.4) is 0 Å². The van der Waals surface area contributed by atoms with Crippen molar-refractivity contribution in [2.75, 3.05) is 45.6 Å². The molecule has 0 bridgehead atoms. The molecule has 0 radical (unpaired) electrons. The van der Waals surface area contributed by atoms with Gasteiger partial charge in [0.1, 0.15) is 5.82 Å². The van der Waals surface area contributed by atoms with E-state index in [1.54, 1.807) is 42.1 Å². The summed E-state index contributed by atoms with van der Waals surface area (Å²) in [7, 11) is 1.42. The van der Waals surface area contributed by atoms with E-state index in [2.05, 4.69) is 34.1 Å². The Bertz CT molecular complexity index is 1630. The molecule has 3 aromatic carbocycles. The fraction of sp³-hybridized carbons (Fsp3) is 0.324. The van der Waals surface area contributed by atoms with Gasteiger partial charge in [0, 0.05) is 57.0 Å². The Balaban J connectivity index is 1.33. The number of thioether (sulfide) groups is 1. The van der Waals surface area contributed by atoms with Crippen LogP contribution in [0.25, 0.3) is 11.1 Å². The highest BCUT2D eigenvalue weighted by molar-refractivity contribution is 7.99. The van der Waals surface area contributed by atoms with Crippen LogP contribution >= 0.6 is 11.8 Å². The third kappa shape index (κ3) is 5.63. The Hall–Kier alpha value is -3.46. The summed E-state index contributed by atoms with van der Waals surface area (Å²) in [4.78, 5) is 19.1. The molecule has 0 spiro atoms. The standard InChI is InChI=1S/C34H35F2N3O2S/c1-23-28(19-25-11-6-7-13-29(25)35)34-39(33(40)31(23)27-12-8-14-30(41-2)32(27)36)26(22-42-34)21-38-17-15-37(16-18-38)20-24-9-4-3-5-10-24/h3-14,26H,15-22H2,1-2H3. The minimum absolute atomic E-state index is 0.0643. The first kappa shape index (κ1) is 28.6. The van der Waals surface area contributed by atoms with Gasteiger partial charge in [0.25, 0.3) is 5.56 Å². The molecule has 1 saturated heterocycles. The molecule has 1 unspecified atom stereocenters. The molecule has 6 rings (SSSR count). The molecule has 5 nitrogen and oxygen atoms in total. The lowest BCUT2D eigenvalue weighted by molar-refractivity contribution is 0.116. The predicted molar refractivity (Wildman–Crippen MR) is 165 cm³/mol. The van der Waals surface area contributed by atoms with E-state index in [-0.39, 0.29) is 28.7 Å². The molecule has 2 aliphatic heterocycles. The molecule has 42 heavy (non-hydrogen) atoms. The van der Waals surface area contributed by atoms with Gasteiger partial charge in [0.15, 0.2) is 11.6 Å². The number of nitrogens with zero attached hydrogens (tertiary/aromatic N) is 3. The van der Waals surface area contributed by atoms with E-state index in [0.29, 0.717) is 23.1 Å². The topological polar surface area (TPSA) is 37.7 Å². The number of methoxy groups -OCH3 is 1. The summed E-state index contributed by atoms with van der Waals surface area (Å²) in [6.45, 7) is 7.29. The molecule has 2 aliphatic rings. The molecule has 4 aromatic rings. The van der Waals surface area contributed by atoms with Crippen LogP contribution in [0.2, 0.25) is 0 Å². The molecule has 3 heterocycles. The lowest BCUT2D eigenvalue weighted by Gasteiger charge is -2.36. The zero-order chi connectivity index (χ0) is 29.2. The van der Waals surface area contributed by atoms with Gasteiger partial charge in [-0.15, -0.1) is 11.8 Å². The lowest BCUT2D eigenvalue weighted by Crippen LogP contribution is -2.48. The van der Waals surface area contributed by atoms with Gasteiger partial charge in [-0.3, -0.25) is 19.2 Å². The van der Waals surface area contributed by atoms with E-state index in [0.717, 1.165) is 55.6 Å². The molecule has 218 valence electrons. The van der Waals surface area contributed by atoms with Crippen molar-refractivity contribution in [2.24, 2.45) is 0 Å². The van der Waals surface area contributed by atoms with Crippen LogP contribution in [0.5, 0.6) is 5.75 Å². The number of piperazine rings is 1. The minimum Gasteiger partial charge on any atom is -0.494 e. The second-order valence-corrected chi connectivity index (χ2v) is 12.1. The number of hydrogen-bond donors (Lipinski definition) is 0. The first-order valence-electron chi connectivity index (χ1n) is 14.4. The molecule has 0 amide bonds. The van der Waals surface area contributed by atoms with Gasteiger partial charge in [-0.2, -0.15) is 0 Å². The van der Waals surface area contributed by atoms with Crippen molar-refractivity contribution in [3.63, 3.8) is 0 Å². The van der Waals surface area contributed by atoms with Gasteiger partial charge in [0.05, 0.1) is 23.7 Å². The van der Waals surface area contributed by atoms with Crippen LogP contribution in [0.4, 0.5) is 8.78 Å². The molecule has 1 fully saturated rings. The Morgan fingerprint density at radius 2 is 1.62 bits per heavy atom. The van der Waals surface area contributed by atoms with Crippen LogP contribution in [0.15, 0.2) is 82.6 Å². The summed E-state index contributed by atoms with van der Waals surface area (Å²) < 4.78 is 37.5. The molecule has 0 saturated carbocycles. The molecule has 1 aromatic heterocycles. The number of fused-ring (bicyclic) bond motifs is 1. The average Bonchev–Trinajstić information content (AvgIpc) is 3.42. The van der Waals surface area contributed by atoms with Gasteiger partial charge in [-0.1, -0.05) is 60.7 Å². The van der Waals surface area contributed by atoms with E-state index in [9.17, 15) is 9.18 Å². The highest BCUT2D eigenvalue weighted by Crippen LogP contribution is 2.41. The van der Waals surface area contributed by atoms with Crippen molar-refractivity contribution in [3.8, 4) is 16.9 Å². The summed E-state index contributed by atoms with van der Waals surface area (Å²) in [5.41, 5.74) is 3.76. The number of benzene rings is 3. The van der Waals surface area contributed by atoms with E-state index in [1.807, 2.05) is 23.6 Å². The Labute approximate surface area is 249 Å². The summed E-state index contributed by atoms with van der Waals surface area (Å²) >= 11 is 1.65. The first-order valence-corrected chi connectivity index (χ1v) is 15.4. The van der Waals surface area contributed by atoms with E-state index in [4.69, 9.17) is 4.74 Å². The van der Waals surface area contributed by atoms with Crippen molar-refractivity contribution in [2.45, 2.75) is 31.0 Å². The Kier molecular flexibility index (Phi) is 8.47. The summed E-state index contributed by atoms with van der Waals surface area (Å²) in [6.07, 6.45) is 0.324. The molecule has 1 atom stereocenters. The fourth-order valence-electron chi connectivity index (χ4n) is 6.19. The largest absolute Gasteiger partial charge is 0.494 e. The first-order chi connectivity index (χ1) is 20.4. The van der Waals surface area contributed by atoms with Crippen molar-refractivity contribution in [1.29, 1.82) is 0 Å². The fourth-order valence-corrected chi connectivity index (χ4v) is 7.57. The van der Waals surface area contributed by atoms with Crippen LogP contribution in [-0.2, 0) is 13.0 Å². The SMILES string of the molecule is COc1cccc(-c2c(C)c(Cc3ccccc3F)c3n(c2=O)C(CN2CCN(Cc4ccccc4)CC2)CS3)c1F. The second-order valence-electron chi connectivity index (χ2n) is 11.1. The Morgan fingerprint density at radius 1 is 0.905 bits per heavy atom. The maximum Gasteiger partial charge on any atom is 0.260 e. The van der Waals surface area contributed by atoms with Crippen molar-refractivity contribution >= 4 is 11.8 Å². The van der Waals surface area contributed by atoms with Crippen LogP contribution in [-0.4, -0.2) is 60.0 Å². The number of halogens is 2. The third-order valence-electron chi connectivity index (χ3n) is 8.48. The van der Waals surface area contributed by atoms with E-state index < -0.39 is 5.82 Å². The maximum atomic E-state index is 15.6. The van der Waals surface area contributed by atoms with Gasteiger partial charge < -0.3 is 4.74 Å². The second kappa shape index (κ2) is 12.4. The maximum absolute atomic E-state index is 15.6. The number of pyridine rings is 1. The molecule has 8 heteroatoms. The molecular weight excluding hydrogens is 552 g/mol. The smallest absolute Gasteiger partial charge is 0.260 e. The minimum atomic E-state index is -0.561. The molecular formula is C34H35F2N3O2S. The predicted octanol–water partition coefficient (Wildman–Crippen LogP) is 6.17. The van der Waals surface area contributed by atoms with Crippen molar-refractivity contribution < 1.29 is 13.5 Å². The average molecular weight is 588 g/mol. The molecule has 0 N–H and O–H groups in total. The van der Waals surface area contributed by atoms with Gasteiger partial charge >= 0.3 is 0 Å². The van der Waals surface area contributed by atoms with Crippen LogP contribution in [0, 0.1) is 18.6 Å². The molecule has 0 aliphatic carbocycles. The zero-order valence-corrected chi connectivity index (χ0v) is 24.8. The highest BCUT2D eigenvalue weighted by atomic mass is 32.2. The number of aromatic nitrogens is 1. The van der Waals surface area contributed by atoms with Gasteiger partial charge in [-0.05, 0) is 41.3 Å². The summed E-state index contributed by atoms with van der Waals surface area (Å²) in [5, 5.41) is 0.862. The van der Waals surface area contributed by atoms with Crippen molar-refractivity contribution in [3.05, 3.63) is 117 Å². The number of ether oxygens (including phenoxy) is 1.